The number of nitrogens with zero attached hydrogens (tertiary/aromatic N) is 2. The maximum absolute atomic E-state index is 5.67. The molecule has 0 saturated carbocycles. The SMILES string of the molecule is CC1c2ccsc2CCN1c1ccc(N)cn1. The third-order valence-corrected chi connectivity index (χ3v) is 4.34. The molecule has 0 aliphatic carbocycles. The molecule has 2 aromatic rings. The molecule has 1 unspecified atom stereocenters. The van der Waals surface area contributed by atoms with Crippen molar-refractivity contribution in [3.05, 3.63) is 40.2 Å². The van der Waals surface area contributed by atoms with Gasteiger partial charge in [0.1, 0.15) is 5.82 Å². The van der Waals surface area contributed by atoms with Gasteiger partial charge in [-0.1, -0.05) is 0 Å². The number of aromatic nitrogens is 1. The van der Waals surface area contributed by atoms with Crippen molar-refractivity contribution in [1.82, 2.24) is 4.98 Å². The first-order valence-electron chi connectivity index (χ1n) is 5.80. The van der Waals surface area contributed by atoms with Crippen molar-refractivity contribution in [1.29, 1.82) is 0 Å². The van der Waals surface area contributed by atoms with Crippen LogP contribution in [0.1, 0.15) is 23.4 Å². The van der Waals surface area contributed by atoms with E-state index in [0.29, 0.717) is 6.04 Å². The van der Waals surface area contributed by atoms with E-state index < -0.39 is 0 Å². The normalized spacial score (nSPS) is 19.1. The first-order valence-corrected chi connectivity index (χ1v) is 6.68. The minimum absolute atomic E-state index is 0.404. The molecule has 0 spiro atoms. The summed E-state index contributed by atoms with van der Waals surface area (Å²) in [7, 11) is 0. The Balaban J connectivity index is 1.93. The predicted molar refractivity (Wildman–Crippen MR) is 72.4 cm³/mol. The summed E-state index contributed by atoms with van der Waals surface area (Å²) in [5.74, 6) is 1.02. The molecule has 0 aromatic carbocycles. The lowest BCUT2D eigenvalue weighted by Gasteiger charge is -2.34. The molecular weight excluding hydrogens is 230 g/mol. The molecule has 2 aromatic heterocycles. The summed E-state index contributed by atoms with van der Waals surface area (Å²) in [6.45, 7) is 3.27. The van der Waals surface area contributed by atoms with Gasteiger partial charge in [-0.25, -0.2) is 4.98 Å². The lowest BCUT2D eigenvalue weighted by molar-refractivity contribution is 0.625. The summed E-state index contributed by atoms with van der Waals surface area (Å²) in [5, 5.41) is 2.18. The van der Waals surface area contributed by atoms with Crippen molar-refractivity contribution in [3.8, 4) is 0 Å². The minimum atomic E-state index is 0.404. The van der Waals surface area contributed by atoms with E-state index in [2.05, 4.69) is 28.3 Å². The number of hydrogen-bond donors (Lipinski definition) is 1. The quantitative estimate of drug-likeness (QED) is 0.840. The van der Waals surface area contributed by atoms with Gasteiger partial charge >= 0.3 is 0 Å². The fourth-order valence-corrected chi connectivity index (χ4v) is 3.35. The first kappa shape index (κ1) is 10.6. The van der Waals surface area contributed by atoms with Crippen LogP contribution in [0.2, 0.25) is 0 Å². The molecule has 1 aliphatic rings. The van der Waals surface area contributed by atoms with Crippen molar-refractivity contribution in [3.63, 3.8) is 0 Å². The van der Waals surface area contributed by atoms with Crippen molar-refractivity contribution >= 4 is 22.8 Å². The van der Waals surface area contributed by atoms with Gasteiger partial charge in [0.15, 0.2) is 0 Å². The lowest BCUT2D eigenvalue weighted by atomic mass is 10.0. The van der Waals surface area contributed by atoms with Gasteiger partial charge in [-0.05, 0) is 42.5 Å². The summed E-state index contributed by atoms with van der Waals surface area (Å²) >= 11 is 1.86. The van der Waals surface area contributed by atoms with Crippen molar-refractivity contribution in [2.24, 2.45) is 0 Å². The number of hydrogen-bond acceptors (Lipinski definition) is 4. The Hall–Kier alpha value is -1.55. The Bertz CT molecular complexity index is 518. The first-order chi connectivity index (χ1) is 8.25. The van der Waals surface area contributed by atoms with Crippen LogP contribution in [0.25, 0.3) is 0 Å². The summed E-state index contributed by atoms with van der Waals surface area (Å²) in [6.07, 6.45) is 2.84. The minimum Gasteiger partial charge on any atom is -0.397 e. The molecule has 0 amide bonds. The van der Waals surface area contributed by atoms with E-state index in [1.165, 1.54) is 10.4 Å². The Morgan fingerprint density at radius 3 is 3.06 bits per heavy atom. The molecule has 0 bridgehead atoms. The number of nitrogen functional groups attached to an aromatic ring is 1. The summed E-state index contributed by atoms with van der Waals surface area (Å²) in [4.78, 5) is 8.27. The van der Waals surface area contributed by atoms with Crippen LogP contribution in [0.3, 0.4) is 0 Å². The third kappa shape index (κ3) is 1.78. The number of rotatable bonds is 1. The van der Waals surface area contributed by atoms with Gasteiger partial charge in [-0.2, -0.15) is 0 Å². The molecule has 3 heterocycles. The monoisotopic (exact) mass is 245 g/mol. The highest BCUT2D eigenvalue weighted by Gasteiger charge is 2.25. The van der Waals surface area contributed by atoms with Gasteiger partial charge in [0.05, 0.1) is 17.9 Å². The fraction of sp³-hybridized carbons (Fsp3) is 0.308. The maximum Gasteiger partial charge on any atom is 0.129 e. The van der Waals surface area contributed by atoms with E-state index in [1.54, 1.807) is 6.20 Å². The van der Waals surface area contributed by atoms with Gasteiger partial charge in [-0.15, -0.1) is 11.3 Å². The predicted octanol–water partition coefficient (Wildman–Crippen LogP) is 2.85. The van der Waals surface area contributed by atoms with Crippen LogP contribution in [0, 0.1) is 0 Å². The molecule has 3 rings (SSSR count). The van der Waals surface area contributed by atoms with Crippen LogP contribution in [0.4, 0.5) is 11.5 Å². The average molecular weight is 245 g/mol. The number of pyridine rings is 1. The molecule has 4 heteroatoms. The topological polar surface area (TPSA) is 42.1 Å². The van der Waals surface area contributed by atoms with Crippen LogP contribution in [0.15, 0.2) is 29.8 Å². The number of anilines is 2. The molecule has 0 saturated heterocycles. The van der Waals surface area contributed by atoms with Crippen LogP contribution in [-0.4, -0.2) is 11.5 Å². The number of fused-ring (bicyclic) bond motifs is 1. The maximum atomic E-state index is 5.67. The largest absolute Gasteiger partial charge is 0.397 e. The molecule has 2 N–H and O–H groups in total. The Morgan fingerprint density at radius 2 is 2.29 bits per heavy atom. The smallest absolute Gasteiger partial charge is 0.129 e. The molecule has 1 aliphatic heterocycles. The van der Waals surface area contributed by atoms with Gasteiger partial charge in [0, 0.05) is 11.4 Å². The highest BCUT2D eigenvalue weighted by molar-refractivity contribution is 7.10. The molecule has 0 fully saturated rings. The number of thiophene rings is 1. The second kappa shape index (κ2) is 4.04. The Labute approximate surface area is 105 Å². The summed E-state index contributed by atoms with van der Waals surface area (Å²) in [5.41, 5.74) is 7.83. The highest BCUT2D eigenvalue weighted by atomic mass is 32.1. The fourth-order valence-electron chi connectivity index (χ4n) is 2.39. The van der Waals surface area contributed by atoms with E-state index >= 15 is 0 Å². The zero-order chi connectivity index (χ0) is 11.8. The summed E-state index contributed by atoms with van der Waals surface area (Å²) < 4.78 is 0. The Morgan fingerprint density at radius 1 is 1.41 bits per heavy atom. The second-order valence-corrected chi connectivity index (χ2v) is 5.37. The molecule has 0 radical (unpaired) electrons. The van der Waals surface area contributed by atoms with E-state index in [9.17, 15) is 0 Å². The van der Waals surface area contributed by atoms with Gasteiger partial charge in [0.25, 0.3) is 0 Å². The van der Waals surface area contributed by atoms with Gasteiger partial charge < -0.3 is 10.6 Å². The molecule has 17 heavy (non-hydrogen) atoms. The van der Waals surface area contributed by atoms with Crippen molar-refractivity contribution in [2.75, 3.05) is 17.2 Å². The zero-order valence-corrected chi connectivity index (χ0v) is 10.6. The van der Waals surface area contributed by atoms with E-state index in [0.717, 1.165) is 24.5 Å². The highest BCUT2D eigenvalue weighted by Crippen LogP contribution is 2.35. The third-order valence-electron chi connectivity index (χ3n) is 3.34. The Kier molecular flexibility index (Phi) is 2.52. The van der Waals surface area contributed by atoms with Crippen LogP contribution < -0.4 is 10.6 Å². The average Bonchev–Trinajstić information content (AvgIpc) is 2.80. The van der Waals surface area contributed by atoms with E-state index in [1.807, 2.05) is 23.5 Å². The molecule has 88 valence electrons. The van der Waals surface area contributed by atoms with Crippen LogP contribution in [-0.2, 0) is 6.42 Å². The lowest BCUT2D eigenvalue weighted by Crippen LogP contribution is -2.33. The molecule has 1 atom stereocenters. The van der Waals surface area contributed by atoms with E-state index in [4.69, 9.17) is 5.73 Å². The van der Waals surface area contributed by atoms with Gasteiger partial charge in [-0.3, -0.25) is 0 Å². The molecular formula is C13H15N3S. The van der Waals surface area contributed by atoms with Crippen molar-refractivity contribution < 1.29 is 0 Å². The van der Waals surface area contributed by atoms with Gasteiger partial charge in [0.2, 0.25) is 0 Å². The van der Waals surface area contributed by atoms with E-state index in [-0.39, 0.29) is 0 Å². The standard InChI is InChI=1S/C13H15N3S/c1-9-11-5-7-17-12(11)4-6-16(9)13-3-2-10(14)8-15-13/h2-3,5,7-9H,4,6,14H2,1H3. The van der Waals surface area contributed by atoms with Crippen LogP contribution in [0.5, 0.6) is 0 Å². The summed E-state index contributed by atoms with van der Waals surface area (Å²) in [6, 6.07) is 6.55. The molecule has 3 nitrogen and oxygen atoms in total. The zero-order valence-electron chi connectivity index (χ0n) is 9.76. The van der Waals surface area contributed by atoms with Crippen molar-refractivity contribution in [2.45, 2.75) is 19.4 Å². The number of nitrogens with two attached hydrogens (primary N) is 1. The van der Waals surface area contributed by atoms with Crippen LogP contribution >= 0.6 is 11.3 Å². The second-order valence-electron chi connectivity index (χ2n) is 4.37.